The molecule has 4 heteroatoms. The second kappa shape index (κ2) is 7.21. The van der Waals surface area contributed by atoms with E-state index in [4.69, 9.17) is 4.74 Å². The van der Waals surface area contributed by atoms with Crippen molar-refractivity contribution in [2.24, 2.45) is 34.5 Å². The molecule has 0 spiro atoms. The summed E-state index contributed by atoms with van der Waals surface area (Å²) in [6, 6.07) is 0. The van der Waals surface area contributed by atoms with Crippen molar-refractivity contribution in [3.05, 3.63) is 0 Å². The van der Waals surface area contributed by atoms with Crippen LogP contribution < -0.4 is 0 Å². The molecule has 5 unspecified atom stereocenters. The van der Waals surface area contributed by atoms with Crippen molar-refractivity contribution in [1.29, 1.82) is 0 Å². The Morgan fingerprint density at radius 3 is 2.25 bits per heavy atom. The maximum atomic E-state index is 11.3. The van der Waals surface area contributed by atoms with Gasteiger partial charge in [0.1, 0.15) is 0 Å². The van der Waals surface area contributed by atoms with E-state index in [1.54, 1.807) is 0 Å². The zero-order valence-electron chi connectivity index (χ0n) is 18.4. The maximum absolute atomic E-state index is 11.3. The number of fused-ring (bicyclic) bond motifs is 5. The second-order valence-electron chi connectivity index (χ2n) is 11.0. The summed E-state index contributed by atoms with van der Waals surface area (Å²) in [5, 5.41) is 32.7. The van der Waals surface area contributed by atoms with Gasteiger partial charge in [0.25, 0.3) is 0 Å². The standard InChI is InChI=1S/C24H42O4/c1-5-13-28-24(6-2)12-9-17-19-16(8-11-23(17,24)4)22(3)10-7-15(25)14-18(22)20(26)21(19)27/h15-21,25-27H,5-14H2,1-4H3/t15-,16?,17?,18?,19?,20+,21+,22+,23-,24?/m0/s1. The van der Waals surface area contributed by atoms with Gasteiger partial charge in [0, 0.05) is 6.61 Å². The summed E-state index contributed by atoms with van der Waals surface area (Å²) in [5.41, 5.74) is 0.0333. The van der Waals surface area contributed by atoms with Crippen LogP contribution in [0.5, 0.6) is 0 Å². The normalized spacial score (nSPS) is 56.0. The van der Waals surface area contributed by atoms with Gasteiger partial charge in [0.05, 0.1) is 23.9 Å². The van der Waals surface area contributed by atoms with Crippen LogP contribution in [0.15, 0.2) is 0 Å². The van der Waals surface area contributed by atoms with Crippen LogP contribution in [0.25, 0.3) is 0 Å². The Hall–Kier alpha value is -0.160. The van der Waals surface area contributed by atoms with Crippen molar-refractivity contribution >= 4 is 0 Å². The van der Waals surface area contributed by atoms with Gasteiger partial charge in [-0.05, 0) is 92.3 Å². The Labute approximate surface area is 171 Å². The maximum Gasteiger partial charge on any atom is 0.0836 e. The number of aliphatic hydroxyl groups excluding tert-OH is 3. The number of ether oxygens (including phenoxy) is 1. The van der Waals surface area contributed by atoms with Gasteiger partial charge in [-0.15, -0.1) is 0 Å². The van der Waals surface area contributed by atoms with Crippen LogP contribution in [0.4, 0.5) is 0 Å². The summed E-state index contributed by atoms with van der Waals surface area (Å²) in [5.74, 6) is 1.03. The molecule has 0 saturated heterocycles. The van der Waals surface area contributed by atoms with Crippen molar-refractivity contribution in [2.75, 3.05) is 6.61 Å². The predicted octanol–water partition coefficient (Wildman–Crippen LogP) is 3.91. The summed E-state index contributed by atoms with van der Waals surface area (Å²) in [6.07, 6.45) is 7.25. The number of hydrogen-bond acceptors (Lipinski definition) is 4. The second-order valence-corrected chi connectivity index (χ2v) is 11.0. The molecule has 0 radical (unpaired) electrons. The molecule has 4 saturated carbocycles. The minimum Gasteiger partial charge on any atom is -0.393 e. The van der Waals surface area contributed by atoms with E-state index in [9.17, 15) is 15.3 Å². The Morgan fingerprint density at radius 1 is 0.857 bits per heavy atom. The fraction of sp³-hybridized carbons (Fsp3) is 1.00. The van der Waals surface area contributed by atoms with E-state index >= 15 is 0 Å². The molecule has 0 aromatic carbocycles. The quantitative estimate of drug-likeness (QED) is 0.676. The molecule has 28 heavy (non-hydrogen) atoms. The first kappa shape index (κ1) is 21.1. The predicted molar refractivity (Wildman–Crippen MR) is 110 cm³/mol. The van der Waals surface area contributed by atoms with Crippen LogP contribution in [0.2, 0.25) is 0 Å². The molecule has 162 valence electrons. The van der Waals surface area contributed by atoms with Gasteiger partial charge in [-0.2, -0.15) is 0 Å². The van der Waals surface area contributed by atoms with E-state index in [0.29, 0.717) is 18.3 Å². The molecule has 0 heterocycles. The van der Waals surface area contributed by atoms with E-state index in [0.717, 1.165) is 58.0 Å². The van der Waals surface area contributed by atoms with E-state index in [2.05, 4.69) is 27.7 Å². The van der Waals surface area contributed by atoms with Gasteiger partial charge in [-0.25, -0.2) is 0 Å². The summed E-state index contributed by atoms with van der Waals surface area (Å²) in [4.78, 5) is 0. The van der Waals surface area contributed by atoms with Crippen LogP contribution in [0.3, 0.4) is 0 Å². The number of aliphatic hydroxyl groups is 3. The molecule has 4 aliphatic rings. The smallest absolute Gasteiger partial charge is 0.0836 e. The Kier molecular flexibility index (Phi) is 5.43. The summed E-state index contributed by atoms with van der Waals surface area (Å²) in [6.45, 7) is 10.0. The third-order valence-corrected chi connectivity index (χ3v) is 10.2. The lowest BCUT2D eigenvalue weighted by molar-refractivity contribution is -0.236. The third kappa shape index (κ3) is 2.70. The van der Waals surface area contributed by atoms with E-state index in [1.807, 2.05) is 0 Å². The Morgan fingerprint density at radius 2 is 1.57 bits per heavy atom. The average molecular weight is 395 g/mol. The molecular formula is C24H42O4. The lowest BCUT2D eigenvalue weighted by Crippen LogP contribution is -2.65. The molecule has 3 N–H and O–H groups in total. The summed E-state index contributed by atoms with van der Waals surface area (Å²) < 4.78 is 6.57. The number of hydrogen-bond donors (Lipinski definition) is 3. The summed E-state index contributed by atoms with van der Waals surface area (Å²) >= 11 is 0. The lowest BCUT2D eigenvalue weighted by atomic mass is 9.43. The molecule has 10 atom stereocenters. The van der Waals surface area contributed by atoms with Crippen molar-refractivity contribution in [1.82, 2.24) is 0 Å². The molecule has 4 fully saturated rings. The summed E-state index contributed by atoms with van der Waals surface area (Å²) in [7, 11) is 0. The van der Waals surface area contributed by atoms with Crippen molar-refractivity contribution in [3.63, 3.8) is 0 Å². The Bertz CT molecular complexity index is 581. The topological polar surface area (TPSA) is 69.9 Å². The van der Waals surface area contributed by atoms with Crippen LogP contribution in [-0.4, -0.2) is 45.8 Å². The lowest BCUT2D eigenvalue weighted by Gasteiger charge is -2.64. The Balaban J connectivity index is 1.68. The van der Waals surface area contributed by atoms with Crippen LogP contribution in [0.1, 0.15) is 85.5 Å². The van der Waals surface area contributed by atoms with Crippen LogP contribution in [-0.2, 0) is 4.74 Å². The fourth-order valence-electron chi connectivity index (χ4n) is 8.55. The average Bonchev–Trinajstić information content (AvgIpc) is 2.98. The van der Waals surface area contributed by atoms with Gasteiger partial charge in [-0.3, -0.25) is 0 Å². The molecule has 4 nitrogen and oxygen atoms in total. The first-order chi connectivity index (χ1) is 13.2. The van der Waals surface area contributed by atoms with Gasteiger partial charge < -0.3 is 20.1 Å². The highest BCUT2D eigenvalue weighted by Crippen LogP contribution is 2.69. The molecule has 0 aromatic heterocycles. The third-order valence-electron chi connectivity index (χ3n) is 10.2. The monoisotopic (exact) mass is 394 g/mol. The van der Waals surface area contributed by atoms with Crippen molar-refractivity contribution in [3.8, 4) is 0 Å². The van der Waals surface area contributed by atoms with Crippen molar-refractivity contribution < 1.29 is 20.1 Å². The minimum atomic E-state index is -0.711. The molecule has 4 rings (SSSR count). The highest BCUT2D eigenvalue weighted by molar-refractivity contribution is 5.17. The molecule has 0 amide bonds. The first-order valence-electron chi connectivity index (χ1n) is 11.9. The fourth-order valence-corrected chi connectivity index (χ4v) is 8.55. The SMILES string of the molecule is CCCOC1(CC)CCC2C3C(CC[C@@]21C)[C@@]1(C)CC[C@H](O)CC1[C@@H](O)[C@@H]3O. The van der Waals surface area contributed by atoms with Gasteiger partial charge >= 0.3 is 0 Å². The van der Waals surface area contributed by atoms with E-state index < -0.39 is 12.2 Å². The van der Waals surface area contributed by atoms with Gasteiger partial charge in [0.2, 0.25) is 0 Å². The van der Waals surface area contributed by atoms with Crippen LogP contribution in [0, 0.1) is 34.5 Å². The first-order valence-corrected chi connectivity index (χ1v) is 11.9. The molecule has 4 aliphatic carbocycles. The molecule has 0 bridgehead atoms. The largest absolute Gasteiger partial charge is 0.393 e. The minimum absolute atomic E-state index is 0.0190. The zero-order chi connectivity index (χ0) is 20.3. The highest BCUT2D eigenvalue weighted by atomic mass is 16.5. The molecule has 0 aromatic rings. The van der Waals surface area contributed by atoms with Crippen LogP contribution >= 0.6 is 0 Å². The van der Waals surface area contributed by atoms with Gasteiger partial charge in [-0.1, -0.05) is 27.7 Å². The van der Waals surface area contributed by atoms with Crippen molar-refractivity contribution in [2.45, 2.75) is 109 Å². The van der Waals surface area contributed by atoms with Gasteiger partial charge in [0.15, 0.2) is 0 Å². The highest BCUT2D eigenvalue weighted by Gasteiger charge is 2.68. The molecule has 0 aliphatic heterocycles. The van der Waals surface area contributed by atoms with E-state index in [-0.39, 0.29) is 34.4 Å². The zero-order valence-corrected chi connectivity index (χ0v) is 18.4. The van der Waals surface area contributed by atoms with E-state index in [1.165, 1.54) is 0 Å². The molecular weight excluding hydrogens is 352 g/mol. The number of rotatable bonds is 4.